The number of hydrogen-bond acceptors (Lipinski definition) is 5. The number of allylic oxidation sites excluding steroid dienone is 3. The largest absolute Gasteiger partial charge is 0.462 e. The van der Waals surface area contributed by atoms with E-state index in [-0.39, 0.29) is 23.8 Å². The van der Waals surface area contributed by atoms with E-state index in [9.17, 15) is 19.7 Å². The first kappa shape index (κ1) is 24.5. The lowest BCUT2D eigenvalue weighted by atomic mass is 9.77. The van der Waals surface area contributed by atoms with Crippen LogP contribution in [0, 0.1) is 16.0 Å². The van der Waals surface area contributed by atoms with Crippen LogP contribution in [0.15, 0.2) is 46.8 Å². The molecule has 3 rings (SSSR count). The molecule has 2 amide bonds. The summed E-state index contributed by atoms with van der Waals surface area (Å²) in [6.07, 6.45) is 6.86. The number of nitro benzene ring substituents is 1. The topological polar surface area (TPSA) is 116 Å². The first-order chi connectivity index (χ1) is 15.8. The lowest BCUT2D eigenvalue weighted by molar-refractivity contribution is -0.385. The molecule has 0 bridgehead atoms. The van der Waals surface area contributed by atoms with Crippen molar-refractivity contribution in [1.29, 1.82) is 0 Å². The number of primary amides is 1. The second-order valence-electron chi connectivity index (χ2n) is 8.79. The minimum Gasteiger partial charge on any atom is -0.462 e. The predicted molar refractivity (Wildman–Crippen MR) is 125 cm³/mol. The number of ether oxygens (including phenoxy) is 1. The molecule has 8 nitrogen and oxygen atoms in total. The van der Waals surface area contributed by atoms with E-state index >= 15 is 0 Å². The number of rotatable bonds is 10. The summed E-state index contributed by atoms with van der Waals surface area (Å²) in [6.45, 7) is 5.84. The van der Waals surface area contributed by atoms with Crippen molar-refractivity contribution in [2.24, 2.45) is 11.7 Å². The van der Waals surface area contributed by atoms with Gasteiger partial charge in [-0.1, -0.05) is 50.8 Å². The summed E-state index contributed by atoms with van der Waals surface area (Å²) in [4.78, 5) is 38.5. The molecule has 1 heterocycles. The highest BCUT2D eigenvalue weighted by Crippen LogP contribution is 2.53. The van der Waals surface area contributed by atoms with Gasteiger partial charge in [0.15, 0.2) is 0 Å². The normalized spacial score (nSPS) is 18.5. The van der Waals surface area contributed by atoms with E-state index in [1.54, 1.807) is 32.0 Å². The Morgan fingerprint density at radius 1 is 1.12 bits per heavy atom. The number of nitrogens with two attached hydrogens (primary N) is 1. The Balaban J connectivity index is 2.03. The molecular formula is C25H33N3O5. The van der Waals surface area contributed by atoms with Crippen molar-refractivity contribution in [3.8, 4) is 0 Å². The van der Waals surface area contributed by atoms with Crippen molar-refractivity contribution < 1.29 is 19.2 Å². The van der Waals surface area contributed by atoms with Gasteiger partial charge in [0.05, 0.1) is 17.1 Å². The minimum absolute atomic E-state index is 0.0568. The molecule has 2 aliphatic rings. The van der Waals surface area contributed by atoms with Crippen LogP contribution in [0.3, 0.4) is 0 Å². The van der Waals surface area contributed by atoms with Gasteiger partial charge in [0.1, 0.15) is 0 Å². The molecular weight excluding hydrogens is 422 g/mol. The second-order valence-corrected chi connectivity index (χ2v) is 8.79. The number of benzene rings is 1. The molecule has 1 aliphatic carbocycles. The van der Waals surface area contributed by atoms with Gasteiger partial charge in [0, 0.05) is 28.9 Å². The van der Waals surface area contributed by atoms with Crippen LogP contribution in [0.4, 0.5) is 10.5 Å². The Kier molecular flexibility index (Phi) is 7.89. The zero-order valence-corrected chi connectivity index (χ0v) is 19.6. The van der Waals surface area contributed by atoms with Gasteiger partial charge in [0.25, 0.3) is 5.69 Å². The number of para-hydroxylation sites is 1. The quantitative estimate of drug-likeness (QED) is 0.215. The number of nitro groups is 1. The number of carbonyl (C=O) groups excluding carboxylic acids is 2. The molecule has 1 fully saturated rings. The third-order valence-electron chi connectivity index (χ3n) is 6.46. The fraction of sp³-hybridized carbons (Fsp3) is 0.520. The average Bonchev–Trinajstić information content (AvgIpc) is 3.60. The molecule has 1 aliphatic heterocycles. The van der Waals surface area contributed by atoms with E-state index in [1.165, 1.54) is 11.0 Å². The van der Waals surface area contributed by atoms with E-state index in [0.29, 0.717) is 17.0 Å². The number of nitrogens with zero attached hydrogens (tertiary/aromatic N) is 2. The Bertz CT molecular complexity index is 994. The summed E-state index contributed by atoms with van der Waals surface area (Å²) < 4.78 is 5.63. The average molecular weight is 456 g/mol. The Hall–Kier alpha value is -3.16. The molecule has 1 aromatic rings. The zero-order chi connectivity index (χ0) is 24.1. The maximum atomic E-state index is 13.4. The number of urea groups is 1. The molecule has 178 valence electrons. The third kappa shape index (κ3) is 5.26. The van der Waals surface area contributed by atoms with Gasteiger partial charge in [-0.15, -0.1) is 0 Å². The Morgan fingerprint density at radius 2 is 1.79 bits per heavy atom. The molecule has 33 heavy (non-hydrogen) atoms. The van der Waals surface area contributed by atoms with Crippen molar-refractivity contribution in [1.82, 2.24) is 4.90 Å². The highest BCUT2D eigenvalue weighted by atomic mass is 16.6. The van der Waals surface area contributed by atoms with Crippen LogP contribution in [-0.4, -0.2) is 28.4 Å². The summed E-state index contributed by atoms with van der Waals surface area (Å²) in [5, 5.41) is 11.8. The molecule has 2 N–H and O–H groups in total. The monoisotopic (exact) mass is 455 g/mol. The number of carbonyl (C=O) groups is 2. The van der Waals surface area contributed by atoms with E-state index in [1.807, 2.05) is 0 Å². The van der Waals surface area contributed by atoms with E-state index in [2.05, 4.69) is 6.92 Å². The third-order valence-corrected chi connectivity index (χ3v) is 6.46. The molecule has 0 radical (unpaired) electrons. The summed E-state index contributed by atoms with van der Waals surface area (Å²) in [5.41, 5.74) is 8.15. The SMILES string of the molecule is CCCCCCCOC(=O)C1=C(C)N(C(N)=O)C(C)=C(C2CC2)C1c1ccccc1[N+](=O)[O-]. The van der Waals surface area contributed by atoms with Crippen LogP contribution >= 0.6 is 0 Å². The predicted octanol–water partition coefficient (Wildman–Crippen LogP) is 5.54. The van der Waals surface area contributed by atoms with Crippen LogP contribution in [0.2, 0.25) is 0 Å². The van der Waals surface area contributed by atoms with Gasteiger partial charge in [-0.05, 0) is 44.6 Å². The van der Waals surface area contributed by atoms with Gasteiger partial charge in [-0.25, -0.2) is 9.59 Å². The van der Waals surface area contributed by atoms with E-state index in [4.69, 9.17) is 10.5 Å². The summed E-state index contributed by atoms with van der Waals surface area (Å²) in [5.74, 6) is -1.06. The lowest BCUT2D eigenvalue weighted by Gasteiger charge is -2.36. The smallest absolute Gasteiger partial charge is 0.336 e. The second kappa shape index (κ2) is 10.6. The van der Waals surface area contributed by atoms with Gasteiger partial charge < -0.3 is 10.5 Å². The summed E-state index contributed by atoms with van der Waals surface area (Å²) in [6, 6.07) is 5.78. The molecule has 1 unspecified atom stereocenters. The summed E-state index contributed by atoms with van der Waals surface area (Å²) in [7, 11) is 0. The lowest BCUT2D eigenvalue weighted by Crippen LogP contribution is -2.39. The minimum atomic E-state index is -0.686. The molecule has 1 atom stereocenters. The number of hydrogen-bond donors (Lipinski definition) is 1. The summed E-state index contributed by atoms with van der Waals surface area (Å²) >= 11 is 0. The first-order valence-electron chi connectivity index (χ1n) is 11.7. The maximum absolute atomic E-state index is 13.4. The van der Waals surface area contributed by atoms with Gasteiger partial charge in [-0.3, -0.25) is 15.0 Å². The Morgan fingerprint density at radius 3 is 2.39 bits per heavy atom. The molecule has 0 saturated heterocycles. The van der Waals surface area contributed by atoms with Gasteiger partial charge >= 0.3 is 12.0 Å². The van der Waals surface area contributed by atoms with Crippen LogP contribution in [0.5, 0.6) is 0 Å². The Labute approximate surface area is 194 Å². The highest BCUT2D eigenvalue weighted by molar-refractivity contribution is 5.94. The molecule has 0 aromatic heterocycles. The van der Waals surface area contributed by atoms with E-state index < -0.39 is 22.8 Å². The maximum Gasteiger partial charge on any atom is 0.336 e. The van der Waals surface area contributed by atoms with Crippen LogP contribution in [0.1, 0.15) is 77.2 Å². The fourth-order valence-corrected chi connectivity index (χ4v) is 4.77. The van der Waals surface area contributed by atoms with Crippen LogP contribution in [-0.2, 0) is 9.53 Å². The van der Waals surface area contributed by atoms with E-state index in [0.717, 1.165) is 50.5 Å². The van der Waals surface area contributed by atoms with Crippen molar-refractivity contribution >= 4 is 17.7 Å². The standard InChI is InChI=1S/C25H33N3O5/c1-4-5-6-7-10-15-33-24(29)22-17(3)27(25(26)30)16(2)21(18-13-14-18)23(22)19-11-8-9-12-20(19)28(31)32/h8-9,11-12,18,23H,4-7,10,13-15H2,1-3H3,(H2,26,30). The fourth-order valence-electron chi connectivity index (χ4n) is 4.77. The molecule has 1 aromatic carbocycles. The number of amides is 2. The number of esters is 1. The highest BCUT2D eigenvalue weighted by Gasteiger charge is 2.45. The van der Waals surface area contributed by atoms with Gasteiger partial charge in [-0.2, -0.15) is 0 Å². The first-order valence-corrected chi connectivity index (χ1v) is 11.7. The number of unbranched alkanes of at least 4 members (excludes halogenated alkanes) is 4. The van der Waals surface area contributed by atoms with Crippen molar-refractivity contribution in [3.63, 3.8) is 0 Å². The molecule has 1 saturated carbocycles. The van der Waals surface area contributed by atoms with Crippen molar-refractivity contribution in [3.05, 3.63) is 62.5 Å². The molecule has 8 heteroatoms. The van der Waals surface area contributed by atoms with Crippen LogP contribution in [0.25, 0.3) is 0 Å². The molecule has 0 spiro atoms. The van der Waals surface area contributed by atoms with Crippen molar-refractivity contribution in [2.45, 2.75) is 71.6 Å². The van der Waals surface area contributed by atoms with Crippen LogP contribution < -0.4 is 5.73 Å². The van der Waals surface area contributed by atoms with Crippen molar-refractivity contribution in [2.75, 3.05) is 6.61 Å². The van der Waals surface area contributed by atoms with Gasteiger partial charge in [0.2, 0.25) is 0 Å². The zero-order valence-electron chi connectivity index (χ0n) is 19.6.